The van der Waals surface area contributed by atoms with Gasteiger partial charge in [-0.15, -0.1) is 0 Å². The van der Waals surface area contributed by atoms with E-state index in [0.29, 0.717) is 0 Å². The molecule has 4 nitrogen and oxygen atoms in total. The summed E-state index contributed by atoms with van der Waals surface area (Å²) in [6.07, 6.45) is 3.61. The fourth-order valence-electron chi connectivity index (χ4n) is 5.74. The van der Waals surface area contributed by atoms with Crippen LogP contribution in [0.3, 0.4) is 0 Å². The first-order valence-corrected chi connectivity index (χ1v) is 13.7. The largest absolute Gasteiger partial charge is 0.459 e. The quantitative estimate of drug-likeness (QED) is 0.481. The normalized spacial score (nSPS) is 25.6. The van der Waals surface area contributed by atoms with Crippen LogP contribution in [0.4, 0.5) is 0 Å². The summed E-state index contributed by atoms with van der Waals surface area (Å²) in [6.45, 7) is 13.3. The van der Waals surface area contributed by atoms with Gasteiger partial charge in [-0.25, -0.2) is 0 Å². The van der Waals surface area contributed by atoms with Crippen molar-refractivity contribution in [1.29, 1.82) is 0 Å². The number of ether oxygens (including phenoxy) is 2. The van der Waals surface area contributed by atoms with Crippen molar-refractivity contribution in [3.05, 3.63) is 85.3 Å². The van der Waals surface area contributed by atoms with Crippen molar-refractivity contribution >= 4 is 18.7 Å². The van der Waals surface area contributed by atoms with E-state index in [-0.39, 0.29) is 41.8 Å². The molecule has 0 bridgehead atoms. The highest BCUT2D eigenvalue weighted by molar-refractivity contribution is 6.99. The average Bonchev–Trinajstić information content (AvgIpc) is 3.45. The number of rotatable bonds is 7. The lowest BCUT2D eigenvalue weighted by Gasteiger charge is -2.45. The smallest absolute Gasteiger partial charge is 0.261 e. The molecule has 0 amide bonds. The zero-order valence-electron chi connectivity index (χ0n) is 20.1. The molecule has 5 heteroatoms. The van der Waals surface area contributed by atoms with E-state index in [1.165, 1.54) is 10.4 Å². The van der Waals surface area contributed by atoms with Gasteiger partial charge in [0.1, 0.15) is 12.5 Å². The second-order valence-electron chi connectivity index (χ2n) is 10.3. The molecule has 2 aromatic carbocycles. The van der Waals surface area contributed by atoms with E-state index in [2.05, 4.69) is 94.9 Å². The molecule has 4 rings (SSSR count). The summed E-state index contributed by atoms with van der Waals surface area (Å²) in [5.41, 5.74) is 0.819. The molecular formula is C28H36O4Si. The van der Waals surface area contributed by atoms with Crippen LogP contribution in [0.25, 0.3) is 0 Å². The van der Waals surface area contributed by atoms with Crippen LogP contribution < -0.4 is 10.4 Å². The molecule has 2 aliphatic rings. The van der Waals surface area contributed by atoms with Gasteiger partial charge >= 0.3 is 0 Å². The second kappa shape index (κ2) is 9.49. The minimum atomic E-state index is -2.69. The lowest BCUT2D eigenvalue weighted by Crippen LogP contribution is -2.68. The lowest BCUT2D eigenvalue weighted by atomic mass is 9.85. The van der Waals surface area contributed by atoms with Crippen LogP contribution in [0.1, 0.15) is 34.1 Å². The van der Waals surface area contributed by atoms with Crippen LogP contribution in [-0.2, 0) is 13.9 Å². The maximum Gasteiger partial charge on any atom is 0.261 e. The highest BCUT2D eigenvalue weighted by Crippen LogP contribution is 2.48. The minimum Gasteiger partial charge on any atom is -0.459 e. The Labute approximate surface area is 199 Å². The van der Waals surface area contributed by atoms with Crippen molar-refractivity contribution in [3.63, 3.8) is 0 Å². The number of benzene rings is 2. The maximum absolute atomic E-state index is 9.92. The zero-order valence-corrected chi connectivity index (χ0v) is 21.1. The van der Waals surface area contributed by atoms with Crippen LogP contribution in [0.5, 0.6) is 0 Å². The van der Waals surface area contributed by atoms with Gasteiger partial charge in [0.05, 0.1) is 6.61 Å². The summed E-state index contributed by atoms with van der Waals surface area (Å²) in [7, 11) is -2.69. The SMILES string of the molecule is C=C(CO)[C@@H]1C[C@@H](O[Si](c2ccccc2)(c2ccccc2)C(C)(C)C)[C@@H](C)[C@@H]1C1OC=CO1. The van der Waals surface area contributed by atoms with E-state index in [9.17, 15) is 5.11 Å². The van der Waals surface area contributed by atoms with Gasteiger partial charge in [0, 0.05) is 12.0 Å². The Kier molecular flexibility index (Phi) is 6.85. The standard InChI is InChI=1S/C28H36O4Si/c1-20(19-29)24-18-25(21(2)26(24)27-30-16-17-31-27)32-33(28(3,4)5,22-12-8-6-9-13-22)23-14-10-7-11-15-23/h6-17,21,24-27,29H,1,18-19H2,2-5H3/t21-,24+,25-,26+/m1/s1. The Morgan fingerprint density at radius 1 is 1.00 bits per heavy atom. The summed E-state index contributed by atoms with van der Waals surface area (Å²) >= 11 is 0. The fourth-order valence-corrected chi connectivity index (χ4v) is 10.5. The second-order valence-corrected chi connectivity index (χ2v) is 14.6. The highest BCUT2D eigenvalue weighted by atomic mass is 28.4. The van der Waals surface area contributed by atoms with E-state index in [1.807, 2.05) is 0 Å². The summed E-state index contributed by atoms with van der Waals surface area (Å²) in [5.74, 6) is 0.297. The summed E-state index contributed by atoms with van der Waals surface area (Å²) in [5, 5.41) is 12.4. The van der Waals surface area contributed by atoms with Gasteiger partial charge in [0.2, 0.25) is 6.29 Å². The van der Waals surface area contributed by atoms with Gasteiger partial charge < -0.3 is 19.0 Å². The first-order chi connectivity index (χ1) is 15.8. The van der Waals surface area contributed by atoms with E-state index in [0.717, 1.165) is 12.0 Å². The molecule has 4 atom stereocenters. The lowest BCUT2D eigenvalue weighted by molar-refractivity contribution is -0.0897. The molecule has 0 aromatic heterocycles. The molecule has 1 saturated carbocycles. The summed E-state index contributed by atoms with van der Waals surface area (Å²) in [4.78, 5) is 0. The van der Waals surface area contributed by atoms with Gasteiger partial charge in [-0.1, -0.05) is 94.9 Å². The van der Waals surface area contributed by atoms with Crippen molar-refractivity contribution < 1.29 is 19.0 Å². The topological polar surface area (TPSA) is 47.9 Å². The predicted octanol–water partition coefficient (Wildman–Crippen LogP) is 4.60. The van der Waals surface area contributed by atoms with Gasteiger partial charge in [-0.2, -0.15) is 0 Å². The molecule has 1 heterocycles. The Balaban J connectivity index is 1.78. The van der Waals surface area contributed by atoms with Crippen LogP contribution in [0.15, 0.2) is 85.3 Å². The highest BCUT2D eigenvalue weighted by Gasteiger charge is 2.56. The van der Waals surface area contributed by atoms with Gasteiger partial charge in [0.15, 0.2) is 0 Å². The maximum atomic E-state index is 9.92. The van der Waals surface area contributed by atoms with Crippen molar-refractivity contribution in [3.8, 4) is 0 Å². The molecule has 176 valence electrons. The van der Waals surface area contributed by atoms with Crippen molar-refractivity contribution in [2.24, 2.45) is 17.8 Å². The van der Waals surface area contributed by atoms with Crippen LogP contribution in [0, 0.1) is 17.8 Å². The van der Waals surface area contributed by atoms with Crippen molar-refractivity contribution in [2.45, 2.75) is 51.5 Å². The third-order valence-corrected chi connectivity index (χ3v) is 12.5. The molecule has 1 aliphatic carbocycles. The molecule has 1 N–H and O–H groups in total. The number of aliphatic hydroxyl groups is 1. The first kappa shape index (κ1) is 23.8. The minimum absolute atomic E-state index is 0.0117. The zero-order chi connectivity index (χ0) is 23.6. The van der Waals surface area contributed by atoms with Gasteiger partial charge in [-0.05, 0) is 39.2 Å². The summed E-state index contributed by atoms with van der Waals surface area (Å²) in [6, 6.07) is 21.4. The van der Waals surface area contributed by atoms with Gasteiger partial charge in [0.25, 0.3) is 8.32 Å². The van der Waals surface area contributed by atoms with E-state index >= 15 is 0 Å². The number of aliphatic hydroxyl groups excluding tert-OH is 1. The molecule has 1 aliphatic heterocycles. The van der Waals surface area contributed by atoms with Crippen LogP contribution in [-0.4, -0.2) is 32.4 Å². The van der Waals surface area contributed by atoms with Crippen LogP contribution >= 0.6 is 0 Å². The number of hydrogen-bond donors (Lipinski definition) is 1. The Morgan fingerprint density at radius 3 is 1.97 bits per heavy atom. The van der Waals surface area contributed by atoms with E-state index < -0.39 is 8.32 Å². The third kappa shape index (κ3) is 4.30. The molecule has 0 spiro atoms. The van der Waals surface area contributed by atoms with E-state index in [1.54, 1.807) is 12.5 Å². The molecule has 0 unspecified atom stereocenters. The summed E-state index contributed by atoms with van der Waals surface area (Å²) < 4.78 is 19.0. The van der Waals surface area contributed by atoms with Crippen molar-refractivity contribution in [1.82, 2.24) is 0 Å². The predicted molar refractivity (Wildman–Crippen MR) is 135 cm³/mol. The number of hydrogen-bond acceptors (Lipinski definition) is 4. The monoisotopic (exact) mass is 464 g/mol. The molecule has 1 fully saturated rings. The van der Waals surface area contributed by atoms with E-state index in [4.69, 9.17) is 13.9 Å². The Bertz CT molecular complexity index is 919. The van der Waals surface area contributed by atoms with Crippen LogP contribution in [0.2, 0.25) is 5.04 Å². The molecule has 0 saturated heterocycles. The average molecular weight is 465 g/mol. The van der Waals surface area contributed by atoms with Gasteiger partial charge in [-0.3, -0.25) is 0 Å². The molecule has 0 radical (unpaired) electrons. The molecular weight excluding hydrogens is 428 g/mol. The fraction of sp³-hybridized carbons (Fsp3) is 0.429. The Hall–Kier alpha value is -2.34. The first-order valence-electron chi connectivity index (χ1n) is 11.8. The Morgan fingerprint density at radius 2 is 1.52 bits per heavy atom. The third-order valence-electron chi connectivity index (χ3n) is 7.41. The molecule has 33 heavy (non-hydrogen) atoms. The molecule has 2 aromatic rings. The van der Waals surface area contributed by atoms with Crippen molar-refractivity contribution in [2.75, 3.05) is 6.61 Å².